The summed E-state index contributed by atoms with van der Waals surface area (Å²) in [4.78, 5) is 22.4. The Labute approximate surface area is 187 Å². The standard InChI is InChI=1S/C26H25N5O/c1-17(2)31-25-23(16-28-31)22(15-24(30-25)19-10-11-19)26(32)29-21-8-5-6-18(14-21)9-12-20-7-3-4-13-27-20/h3-9,12-17,19H,10-11H2,1-2H3,(H,29,32)/b12-9+. The minimum atomic E-state index is -0.145. The van der Waals surface area contributed by atoms with E-state index in [0.717, 1.165) is 46.5 Å². The smallest absolute Gasteiger partial charge is 0.256 e. The highest BCUT2D eigenvalue weighted by atomic mass is 16.1. The first kappa shape index (κ1) is 20.1. The topological polar surface area (TPSA) is 72.7 Å². The van der Waals surface area contributed by atoms with E-state index in [1.54, 1.807) is 12.4 Å². The summed E-state index contributed by atoms with van der Waals surface area (Å²) in [7, 11) is 0. The van der Waals surface area contributed by atoms with E-state index in [2.05, 4.69) is 29.2 Å². The maximum Gasteiger partial charge on any atom is 0.256 e. The van der Waals surface area contributed by atoms with Gasteiger partial charge < -0.3 is 5.32 Å². The summed E-state index contributed by atoms with van der Waals surface area (Å²) in [6.07, 6.45) is 9.71. The molecule has 6 heteroatoms. The average Bonchev–Trinajstić information content (AvgIpc) is 3.56. The highest BCUT2D eigenvalue weighted by molar-refractivity contribution is 6.12. The fourth-order valence-electron chi connectivity index (χ4n) is 3.77. The summed E-state index contributed by atoms with van der Waals surface area (Å²) in [5, 5.41) is 8.34. The third-order valence-electron chi connectivity index (χ3n) is 5.59. The zero-order valence-corrected chi connectivity index (χ0v) is 18.2. The van der Waals surface area contributed by atoms with Gasteiger partial charge in [0.15, 0.2) is 5.65 Å². The number of hydrogen-bond acceptors (Lipinski definition) is 4. The van der Waals surface area contributed by atoms with Crippen LogP contribution in [0.25, 0.3) is 23.2 Å². The van der Waals surface area contributed by atoms with E-state index >= 15 is 0 Å². The van der Waals surface area contributed by atoms with Gasteiger partial charge in [-0.1, -0.05) is 24.3 Å². The van der Waals surface area contributed by atoms with Crippen molar-refractivity contribution in [3.8, 4) is 0 Å². The number of pyridine rings is 2. The molecule has 0 radical (unpaired) electrons. The molecule has 0 atom stereocenters. The molecule has 0 bridgehead atoms. The third-order valence-corrected chi connectivity index (χ3v) is 5.59. The number of nitrogens with zero attached hydrogens (tertiary/aromatic N) is 4. The molecule has 4 aromatic rings. The number of anilines is 1. The lowest BCUT2D eigenvalue weighted by molar-refractivity contribution is 0.102. The zero-order valence-electron chi connectivity index (χ0n) is 18.2. The van der Waals surface area contributed by atoms with Crippen molar-refractivity contribution in [3.05, 3.63) is 83.4 Å². The van der Waals surface area contributed by atoms with E-state index in [-0.39, 0.29) is 11.9 Å². The van der Waals surface area contributed by atoms with Crippen LogP contribution >= 0.6 is 0 Å². The van der Waals surface area contributed by atoms with Crippen LogP contribution in [0, 0.1) is 0 Å². The molecule has 0 aliphatic heterocycles. The van der Waals surface area contributed by atoms with Gasteiger partial charge in [-0.25, -0.2) is 9.67 Å². The second-order valence-corrected chi connectivity index (χ2v) is 8.46. The van der Waals surface area contributed by atoms with Gasteiger partial charge in [-0.2, -0.15) is 5.10 Å². The first-order valence-electron chi connectivity index (χ1n) is 11.0. The predicted molar refractivity (Wildman–Crippen MR) is 127 cm³/mol. The Kier molecular flexibility index (Phi) is 5.27. The van der Waals surface area contributed by atoms with Crippen molar-refractivity contribution in [1.29, 1.82) is 0 Å². The first-order valence-corrected chi connectivity index (χ1v) is 11.0. The number of nitrogens with one attached hydrogen (secondary N) is 1. The largest absolute Gasteiger partial charge is 0.322 e. The van der Waals surface area contributed by atoms with Crippen LogP contribution in [0.3, 0.4) is 0 Å². The molecule has 1 N–H and O–H groups in total. The number of carbonyl (C=O) groups excluding carboxylic acids is 1. The Balaban J connectivity index is 1.43. The van der Waals surface area contributed by atoms with Gasteiger partial charge in [0.2, 0.25) is 0 Å². The number of benzene rings is 1. The van der Waals surface area contributed by atoms with Gasteiger partial charge in [0.1, 0.15) is 0 Å². The maximum absolute atomic E-state index is 13.3. The summed E-state index contributed by atoms with van der Waals surface area (Å²) < 4.78 is 1.89. The van der Waals surface area contributed by atoms with E-state index in [0.29, 0.717) is 11.5 Å². The lowest BCUT2D eigenvalue weighted by Gasteiger charge is -2.11. The van der Waals surface area contributed by atoms with Gasteiger partial charge in [0, 0.05) is 29.5 Å². The van der Waals surface area contributed by atoms with Crippen molar-refractivity contribution in [2.45, 2.75) is 38.6 Å². The number of rotatable bonds is 6. The van der Waals surface area contributed by atoms with Gasteiger partial charge >= 0.3 is 0 Å². The van der Waals surface area contributed by atoms with Crippen molar-refractivity contribution in [1.82, 2.24) is 19.7 Å². The van der Waals surface area contributed by atoms with E-state index in [1.165, 1.54) is 0 Å². The van der Waals surface area contributed by atoms with E-state index in [4.69, 9.17) is 4.98 Å². The number of hydrogen-bond donors (Lipinski definition) is 1. The van der Waals surface area contributed by atoms with Crippen LogP contribution in [0.1, 0.15) is 66.0 Å². The number of aromatic nitrogens is 4. The zero-order chi connectivity index (χ0) is 22.1. The van der Waals surface area contributed by atoms with Crippen LogP contribution in [-0.2, 0) is 0 Å². The summed E-state index contributed by atoms with van der Waals surface area (Å²) in [6.45, 7) is 4.14. The molecule has 3 heterocycles. The maximum atomic E-state index is 13.3. The van der Waals surface area contributed by atoms with Crippen LogP contribution in [0.4, 0.5) is 5.69 Å². The normalized spacial score (nSPS) is 13.8. The van der Waals surface area contributed by atoms with E-state index in [1.807, 2.05) is 65.4 Å². The fourth-order valence-corrected chi connectivity index (χ4v) is 3.77. The molecule has 0 spiro atoms. The molecule has 1 aromatic carbocycles. The van der Waals surface area contributed by atoms with E-state index < -0.39 is 0 Å². The Morgan fingerprint density at radius 1 is 1.12 bits per heavy atom. The predicted octanol–water partition coefficient (Wildman–Crippen LogP) is 5.71. The SMILES string of the molecule is CC(C)n1ncc2c(C(=O)Nc3cccc(/C=C/c4ccccn4)c3)cc(C3CC3)nc21. The number of carbonyl (C=O) groups is 1. The Morgan fingerprint density at radius 3 is 2.75 bits per heavy atom. The molecule has 32 heavy (non-hydrogen) atoms. The van der Waals surface area contributed by atoms with Crippen LogP contribution in [0.2, 0.25) is 0 Å². The molecule has 0 saturated heterocycles. The summed E-state index contributed by atoms with van der Waals surface area (Å²) in [5.41, 5.74) is 5.00. The Bertz CT molecular complexity index is 1300. The van der Waals surface area contributed by atoms with Crippen molar-refractivity contribution < 1.29 is 4.79 Å². The minimum absolute atomic E-state index is 0.145. The van der Waals surface area contributed by atoms with Gasteiger partial charge in [-0.15, -0.1) is 0 Å². The van der Waals surface area contributed by atoms with E-state index in [9.17, 15) is 4.79 Å². The lowest BCUT2D eigenvalue weighted by atomic mass is 10.1. The molecule has 160 valence electrons. The van der Waals surface area contributed by atoms with Crippen LogP contribution in [-0.4, -0.2) is 25.7 Å². The number of fused-ring (bicyclic) bond motifs is 1. The first-order chi connectivity index (χ1) is 15.6. The fraction of sp³-hybridized carbons (Fsp3) is 0.231. The molecular weight excluding hydrogens is 398 g/mol. The number of amides is 1. The molecule has 1 aliphatic rings. The highest BCUT2D eigenvalue weighted by Crippen LogP contribution is 2.40. The molecule has 0 unspecified atom stereocenters. The molecule has 5 rings (SSSR count). The third kappa shape index (κ3) is 4.17. The summed E-state index contributed by atoms with van der Waals surface area (Å²) >= 11 is 0. The monoisotopic (exact) mass is 423 g/mol. The van der Waals surface area contributed by atoms with Crippen molar-refractivity contribution in [3.63, 3.8) is 0 Å². The van der Waals surface area contributed by atoms with Crippen LogP contribution in [0.5, 0.6) is 0 Å². The quantitative estimate of drug-likeness (QED) is 0.431. The molecule has 1 aliphatic carbocycles. The van der Waals surface area contributed by atoms with Gasteiger partial charge in [0.05, 0.1) is 22.8 Å². The molecule has 3 aromatic heterocycles. The van der Waals surface area contributed by atoms with Gasteiger partial charge in [-0.05, 0) is 68.7 Å². The molecule has 6 nitrogen and oxygen atoms in total. The van der Waals surface area contributed by atoms with Gasteiger partial charge in [-0.3, -0.25) is 9.78 Å². The van der Waals surface area contributed by atoms with Crippen LogP contribution in [0.15, 0.2) is 60.9 Å². The van der Waals surface area contributed by atoms with Crippen molar-refractivity contribution in [2.24, 2.45) is 0 Å². The molecular formula is C26H25N5O. The Morgan fingerprint density at radius 2 is 2.00 bits per heavy atom. The average molecular weight is 424 g/mol. The van der Waals surface area contributed by atoms with Crippen molar-refractivity contribution in [2.75, 3.05) is 5.32 Å². The summed E-state index contributed by atoms with van der Waals surface area (Å²) in [6, 6.07) is 15.7. The van der Waals surface area contributed by atoms with Gasteiger partial charge in [0.25, 0.3) is 5.91 Å². The highest BCUT2D eigenvalue weighted by Gasteiger charge is 2.28. The minimum Gasteiger partial charge on any atom is -0.322 e. The molecule has 1 saturated carbocycles. The Hall–Kier alpha value is -3.80. The second kappa shape index (κ2) is 8.38. The second-order valence-electron chi connectivity index (χ2n) is 8.46. The lowest BCUT2D eigenvalue weighted by Crippen LogP contribution is -2.14. The summed E-state index contributed by atoms with van der Waals surface area (Å²) in [5.74, 6) is 0.301. The van der Waals surface area contributed by atoms with Crippen molar-refractivity contribution >= 4 is 34.8 Å². The van der Waals surface area contributed by atoms with Crippen LogP contribution < -0.4 is 5.32 Å². The molecule has 1 amide bonds. The molecule has 1 fully saturated rings.